The van der Waals surface area contributed by atoms with E-state index in [1.165, 1.54) is 11.3 Å². The van der Waals surface area contributed by atoms with Crippen LogP contribution in [0, 0.1) is 29.1 Å². The lowest BCUT2D eigenvalue weighted by Gasteiger charge is -2.58. The molecular formula is C34H46N4O7. The third kappa shape index (κ3) is 5.90. The van der Waals surface area contributed by atoms with Gasteiger partial charge in [0.2, 0.25) is 11.8 Å². The van der Waals surface area contributed by atoms with Crippen LogP contribution < -0.4 is 14.8 Å². The summed E-state index contributed by atoms with van der Waals surface area (Å²) in [5.74, 6) is 0.265. The summed E-state index contributed by atoms with van der Waals surface area (Å²) in [6, 6.07) is 3.43. The van der Waals surface area contributed by atoms with Crippen molar-refractivity contribution in [1.82, 2.24) is 20.2 Å². The molecule has 11 heteroatoms. The maximum Gasteiger partial charge on any atom is 0.408 e. The van der Waals surface area contributed by atoms with Gasteiger partial charge in [0, 0.05) is 12.0 Å². The highest BCUT2D eigenvalue weighted by molar-refractivity contribution is 5.90. The van der Waals surface area contributed by atoms with Gasteiger partial charge in [0.1, 0.15) is 35.7 Å². The fraction of sp³-hybridized carbons (Fsp3) is 0.676. The number of carboxylic acid groups (broad SMARTS) is 1. The van der Waals surface area contributed by atoms with Crippen LogP contribution in [0.5, 0.6) is 11.6 Å². The predicted molar refractivity (Wildman–Crippen MR) is 166 cm³/mol. The van der Waals surface area contributed by atoms with Gasteiger partial charge in [-0.2, -0.15) is 0 Å². The smallest absolute Gasteiger partial charge is 0.408 e. The van der Waals surface area contributed by atoms with Gasteiger partial charge in [-0.15, -0.1) is 0 Å². The number of alkyl carbamates (subject to hydrolysis) is 1. The lowest BCUT2D eigenvalue weighted by atomic mass is 9.50. The molecule has 2 saturated carbocycles. The van der Waals surface area contributed by atoms with E-state index >= 15 is 0 Å². The maximum atomic E-state index is 14.2. The largest absolute Gasteiger partial charge is 0.497 e. The summed E-state index contributed by atoms with van der Waals surface area (Å²) >= 11 is 0. The minimum Gasteiger partial charge on any atom is -0.497 e. The lowest BCUT2D eigenvalue weighted by molar-refractivity contribution is -0.164. The van der Waals surface area contributed by atoms with E-state index in [9.17, 15) is 19.5 Å². The number of ether oxygens (including phenoxy) is 3. The number of carbonyl (C=O) groups excluding carboxylic acids is 2. The van der Waals surface area contributed by atoms with E-state index in [1.54, 1.807) is 13.2 Å². The molecule has 3 heterocycles. The van der Waals surface area contributed by atoms with Crippen LogP contribution in [0.3, 0.4) is 0 Å². The van der Waals surface area contributed by atoms with Crippen molar-refractivity contribution >= 4 is 29.0 Å². The molecule has 45 heavy (non-hydrogen) atoms. The van der Waals surface area contributed by atoms with Crippen molar-refractivity contribution < 1.29 is 33.7 Å². The lowest BCUT2D eigenvalue weighted by Crippen LogP contribution is -2.61. The number of amides is 2. The Bertz CT molecular complexity index is 1460. The topological polar surface area (TPSA) is 140 Å². The number of nitrogens with zero attached hydrogens (tertiary/aromatic N) is 3. The maximum absolute atomic E-state index is 14.2. The Morgan fingerprint density at radius 1 is 1.04 bits per heavy atom. The van der Waals surface area contributed by atoms with Gasteiger partial charge in [0.25, 0.3) is 0 Å². The van der Waals surface area contributed by atoms with Gasteiger partial charge < -0.3 is 29.5 Å². The summed E-state index contributed by atoms with van der Waals surface area (Å²) in [5.41, 5.74) is 1.37. The molecule has 4 aliphatic rings. The van der Waals surface area contributed by atoms with Crippen LogP contribution in [0.25, 0.3) is 11.0 Å². The molecular weight excluding hydrogens is 576 g/mol. The highest BCUT2D eigenvalue weighted by atomic mass is 16.6. The molecule has 2 N–H and O–H groups in total. The van der Waals surface area contributed by atoms with Crippen LogP contribution in [-0.4, -0.2) is 75.9 Å². The first kappa shape index (κ1) is 31.4. The van der Waals surface area contributed by atoms with Crippen LogP contribution >= 0.6 is 0 Å². The Kier molecular flexibility index (Phi) is 8.56. The average Bonchev–Trinajstić information content (AvgIpc) is 3.35. The number of aliphatic carboxylic acids is 1. The predicted octanol–water partition coefficient (Wildman–Crippen LogP) is 4.99. The van der Waals surface area contributed by atoms with Crippen molar-refractivity contribution in [2.24, 2.45) is 29.1 Å². The van der Waals surface area contributed by atoms with E-state index in [0.29, 0.717) is 47.7 Å². The molecule has 3 fully saturated rings. The third-order valence-corrected chi connectivity index (χ3v) is 10.6. The van der Waals surface area contributed by atoms with Gasteiger partial charge in [-0.1, -0.05) is 40.5 Å². The van der Waals surface area contributed by atoms with E-state index in [0.717, 1.165) is 43.3 Å². The number of hydrogen-bond donors (Lipinski definition) is 2. The summed E-state index contributed by atoms with van der Waals surface area (Å²) in [6.07, 6.45) is 5.85. The van der Waals surface area contributed by atoms with Crippen LogP contribution in [0.1, 0.15) is 78.3 Å². The van der Waals surface area contributed by atoms with Crippen molar-refractivity contribution in [3.63, 3.8) is 0 Å². The monoisotopic (exact) mass is 622 g/mol. The number of carbonyl (C=O) groups is 3. The van der Waals surface area contributed by atoms with Gasteiger partial charge in [-0.3, -0.25) is 4.79 Å². The summed E-state index contributed by atoms with van der Waals surface area (Å²) < 4.78 is 18.0. The second-order valence-electron chi connectivity index (χ2n) is 14.3. The molecule has 2 bridgehead atoms. The molecule has 2 aliphatic carbocycles. The number of aromatic nitrogens is 2. The van der Waals surface area contributed by atoms with E-state index < -0.39 is 47.5 Å². The Morgan fingerprint density at radius 2 is 1.80 bits per heavy atom. The van der Waals surface area contributed by atoms with Crippen molar-refractivity contribution in [1.29, 1.82) is 0 Å². The van der Waals surface area contributed by atoms with Gasteiger partial charge in [0.15, 0.2) is 0 Å². The molecule has 2 amide bonds. The molecule has 0 spiro atoms. The molecule has 6 rings (SSSR count). The standard InChI is InChI=1S/C34H46N4O7/c1-6-19-26-17-38(27(19)32(40)41)31(39)29(34(2,3)4)37-33(42)45-28-21(20-13-14-22(20)28)10-8-7-9-11-24-30(44-26)36-25-16-18(43-5)12-15-23(25)35-24/h12,15-16,19-22,26-29H,6-11,13-14,17H2,1-5H3,(H,37,42)(H,40,41)/t19-,20+,21-,22?,26+,27+,28+,29-/m1/s1. The fourth-order valence-electron chi connectivity index (χ4n) is 8.01. The minimum absolute atomic E-state index is 0.0450. The summed E-state index contributed by atoms with van der Waals surface area (Å²) in [5, 5.41) is 13.3. The van der Waals surface area contributed by atoms with E-state index in [4.69, 9.17) is 24.2 Å². The third-order valence-electron chi connectivity index (χ3n) is 10.6. The number of benzene rings is 1. The van der Waals surface area contributed by atoms with Crippen LogP contribution in [0.15, 0.2) is 18.2 Å². The summed E-state index contributed by atoms with van der Waals surface area (Å²) in [4.78, 5) is 51.4. The summed E-state index contributed by atoms with van der Waals surface area (Å²) in [6.45, 7) is 7.52. The summed E-state index contributed by atoms with van der Waals surface area (Å²) in [7, 11) is 1.60. The van der Waals surface area contributed by atoms with Gasteiger partial charge in [0.05, 0.1) is 24.7 Å². The van der Waals surface area contributed by atoms with Crippen LogP contribution in [-0.2, 0) is 20.7 Å². The zero-order chi connectivity index (χ0) is 32.0. The fourth-order valence-corrected chi connectivity index (χ4v) is 8.01. The number of aryl methyl sites for hydroxylation is 1. The first-order chi connectivity index (χ1) is 21.5. The first-order valence-electron chi connectivity index (χ1n) is 16.5. The van der Waals surface area contributed by atoms with Crippen LogP contribution in [0.2, 0.25) is 0 Å². The second kappa shape index (κ2) is 12.3. The first-order valence-corrected chi connectivity index (χ1v) is 16.5. The molecule has 0 radical (unpaired) electrons. The van der Waals surface area contributed by atoms with Crippen molar-refractivity contribution in [2.45, 2.75) is 103 Å². The number of fused-ring (bicyclic) bond motifs is 8. The van der Waals surface area contributed by atoms with E-state index in [1.807, 2.05) is 39.8 Å². The highest BCUT2D eigenvalue weighted by Crippen LogP contribution is 2.57. The van der Waals surface area contributed by atoms with Gasteiger partial charge in [-0.05, 0) is 73.8 Å². The molecule has 11 nitrogen and oxygen atoms in total. The average molecular weight is 623 g/mol. The molecule has 2 aromatic rings. The minimum atomic E-state index is -1.12. The number of rotatable bonds is 3. The molecule has 1 aromatic carbocycles. The highest BCUT2D eigenvalue weighted by Gasteiger charge is 2.57. The van der Waals surface area contributed by atoms with Gasteiger partial charge in [-0.25, -0.2) is 19.6 Å². The Balaban J connectivity index is 1.37. The van der Waals surface area contributed by atoms with Crippen LogP contribution in [0.4, 0.5) is 4.79 Å². The molecule has 1 unspecified atom stereocenters. The Hall–Kier alpha value is -3.63. The molecule has 1 saturated heterocycles. The second-order valence-corrected chi connectivity index (χ2v) is 14.3. The Labute approximate surface area is 264 Å². The number of hydrogen-bond acceptors (Lipinski definition) is 8. The van der Waals surface area contributed by atoms with E-state index in [-0.39, 0.29) is 12.6 Å². The molecule has 1 aromatic heterocycles. The zero-order valence-corrected chi connectivity index (χ0v) is 27.0. The SMILES string of the molecule is CC[C@@H]1[C@@H]2CN(C(=O)[C@H](C(C)(C)C)NC(=O)O[C@@H]3C4CC[C@H]4[C@H]3CCCCCc3nc4ccc(OC)cc4nc3O2)[C@@H]1C(=O)O. The van der Waals surface area contributed by atoms with Crippen molar-refractivity contribution in [3.05, 3.63) is 23.9 Å². The number of nitrogens with one attached hydrogen (secondary N) is 1. The quantitative estimate of drug-likeness (QED) is 0.485. The van der Waals surface area contributed by atoms with Gasteiger partial charge >= 0.3 is 12.1 Å². The van der Waals surface area contributed by atoms with Crippen molar-refractivity contribution in [3.8, 4) is 11.6 Å². The zero-order valence-electron chi connectivity index (χ0n) is 27.0. The number of methoxy groups -OCH3 is 1. The van der Waals surface area contributed by atoms with Crippen molar-refractivity contribution in [2.75, 3.05) is 13.7 Å². The number of carboxylic acids is 1. The molecule has 2 aliphatic heterocycles. The van der Waals surface area contributed by atoms with E-state index in [2.05, 4.69) is 5.32 Å². The normalized spacial score (nSPS) is 32.2. The Morgan fingerprint density at radius 3 is 2.47 bits per heavy atom. The molecule has 244 valence electrons. The molecule has 8 atom stereocenters.